The van der Waals surface area contributed by atoms with E-state index in [1.165, 1.54) is 0 Å². The number of hydrogen-bond acceptors (Lipinski definition) is 4. The first kappa shape index (κ1) is 13.2. The molecule has 0 N–H and O–H groups in total. The van der Waals surface area contributed by atoms with Gasteiger partial charge in [0.05, 0.1) is 12.2 Å². The smallest absolute Gasteiger partial charge is 0.285 e. The van der Waals surface area contributed by atoms with Crippen molar-refractivity contribution < 1.29 is 17.9 Å². The van der Waals surface area contributed by atoms with Crippen LogP contribution in [0.25, 0.3) is 0 Å². The predicted octanol–water partition coefficient (Wildman–Crippen LogP) is 1.69. The summed E-state index contributed by atoms with van der Waals surface area (Å²) in [7, 11) is 1.28. The molecule has 0 rings (SSSR count). The molecule has 0 radical (unpaired) electrons. The Bertz CT molecular complexity index is 225. The summed E-state index contributed by atoms with van der Waals surface area (Å²) in [5.74, 6) is 0. The lowest BCUT2D eigenvalue weighted by atomic mass is 10.5. The summed E-state index contributed by atoms with van der Waals surface area (Å²) in [4.78, 5) is 0. The lowest BCUT2D eigenvalue weighted by Crippen LogP contribution is -2.29. The Morgan fingerprint density at radius 3 is 1.46 bits per heavy atom. The fraction of sp³-hybridized carbons (Fsp3) is 1.00. The van der Waals surface area contributed by atoms with E-state index in [-0.39, 0.29) is 12.2 Å². The largest absolute Gasteiger partial charge is 0.336 e. The maximum atomic E-state index is 10.9. The van der Waals surface area contributed by atoms with Gasteiger partial charge in [-0.25, -0.2) is 8.42 Å². The van der Waals surface area contributed by atoms with Gasteiger partial charge in [0, 0.05) is 10.7 Å². The Labute approximate surface area is 83.6 Å². The molecule has 0 atom stereocenters. The van der Waals surface area contributed by atoms with E-state index in [4.69, 9.17) is 20.2 Å². The standard InChI is InChI=1S/C7H15ClO4S/c1-5(2)11-7(12-6(3)4)13(8,9)10/h5-7H,1-4H3. The first-order chi connectivity index (χ1) is 5.73. The van der Waals surface area contributed by atoms with Gasteiger partial charge in [-0.3, -0.25) is 0 Å². The fourth-order valence-corrected chi connectivity index (χ4v) is 1.57. The van der Waals surface area contributed by atoms with Crippen LogP contribution in [-0.4, -0.2) is 26.2 Å². The lowest BCUT2D eigenvalue weighted by molar-refractivity contribution is -0.130. The van der Waals surface area contributed by atoms with Crippen LogP contribution in [-0.2, 0) is 18.5 Å². The quantitative estimate of drug-likeness (QED) is 0.533. The summed E-state index contributed by atoms with van der Waals surface area (Å²) < 4.78 is 31.8. The molecule has 6 heteroatoms. The van der Waals surface area contributed by atoms with E-state index < -0.39 is 14.7 Å². The zero-order chi connectivity index (χ0) is 10.6. The van der Waals surface area contributed by atoms with Crippen LogP contribution in [0, 0.1) is 0 Å². The number of ether oxygens (including phenoxy) is 2. The van der Waals surface area contributed by atoms with Gasteiger partial charge in [-0.15, -0.1) is 0 Å². The molecule has 80 valence electrons. The maximum absolute atomic E-state index is 10.9. The molecule has 0 unspecified atom stereocenters. The minimum Gasteiger partial charge on any atom is -0.336 e. The fourth-order valence-electron chi connectivity index (χ4n) is 0.609. The van der Waals surface area contributed by atoms with Crippen molar-refractivity contribution >= 4 is 19.7 Å². The summed E-state index contributed by atoms with van der Waals surface area (Å²) in [6, 6.07) is 0. The molecule has 0 aromatic heterocycles. The maximum Gasteiger partial charge on any atom is 0.285 e. The molecule has 0 aliphatic carbocycles. The van der Waals surface area contributed by atoms with E-state index in [0.29, 0.717) is 0 Å². The van der Waals surface area contributed by atoms with Crippen molar-refractivity contribution in [3.63, 3.8) is 0 Å². The van der Waals surface area contributed by atoms with Gasteiger partial charge in [0.25, 0.3) is 14.7 Å². The molecule has 0 heterocycles. The Morgan fingerprint density at radius 1 is 1.00 bits per heavy atom. The topological polar surface area (TPSA) is 52.6 Å². The van der Waals surface area contributed by atoms with Crippen LogP contribution in [0.1, 0.15) is 27.7 Å². The molecule has 0 spiro atoms. The third-order valence-electron chi connectivity index (χ3n) is 0.996. The van der Waals surface area contributed by atoms with E-state index in [1.54, 1.807) is 27.7 Å². The molecule has 0 bridgehead atoms. The zero-order valence-corrected chi connectivity index (χ0v) is 9.72. The van der Waals surface area contributed by atoms with Crippen molar-refractivity contribution in [2.24, 2.45) is 0 Å². The molecule has 0 aliphatic rings. The van der Waals surface area contributed by atoms with Gasteiger partial charge in [0.1, 0.15) is 0 Å². The molecular formula is C7H15ClO4S. The van der Waals surface area contributed by atoms with Gasteiger partial charge < -0.3 is 9.47 Å². The minimum atomic E-state index is -3.83. The molecule has 0 fully saturated rings. The van der Waals surface area contributed by atoms with Gasteiger partial charge in [-0.05, 0) is 27.7 Å². The Balaban J connectivity index is 4.39. The molecule has 0 amide bonds. The summed E-state index contributed by atoms with van der Waals surface area (Å²) in [5.41, 5.74) is -1.38. The molecule has 0 saturated heterocycles. The second-order valence-electron chi connectivity index (χ2n) is 3.13. The van der Waals surface area contributed by atoms with Gasteiger partial charge in [-0.1, -0.05) is 0 Å². The number of halogens is 1. The monoisotopic (exact) mass is 230 g/mol. The summed E-state index contributed by atoms with van der Waals surface area (Å²) >= 11 is 0. The normalized spacial score (nSPS) is 13.2. The van der Waals surface area contributed by atoms with Crippen LogP contribution in [0.3, 0.4) is 0 Å². The van der Waals surface area contributed by atoms with Crippen LogP contribution in [0.2, 0.25) is 0 Å². The van der Waals surface area contributed by atoms with Crippen LogP contribution >= 0.6 is 10.7 Å². The number of hydrogen-bond donors (Lipinski definition) is 0. The van der Waals surface area contributed by atoms with E-state index in [9.17, 15) is 8.42 Å². The second-order valence-corrected chi connectivity index (χ2v) is 5.76. The Kier molecular flexibility index (Phi) is 5.21. The van der Waals surface area contributed by atoms with Crippen LogP contribution in [0.15, 0.2) is 0 Å². The van der Waals surface area contributed by atoms with Gasteiger partial charge in [0.15, 0.2) is 0 Å². The first-order valence-electron chi connectivity index (χ1n) is 3.98. The second kappa shape index (κ2) is 5.14. The highest BCUT2D eigenvalue weighted by Gasteiger charge is 2.26. The van der Waals surface area contributed by atoms with E-state index >= 15 is 0 Å². The molecule has 0 aliphatic heterocycles. The van der Waals surface area contributed by atoms with Crippen molar-refractivity contribution in [1.29, 1.82) is 0 Å². The van der Waals surface area contributed by atoms with Crippen molar-refractivity contribution in [2.45, 2.75) is 45.5 Å². The van der Waals surface area contributed by atoms with Crippen LogP contribution in [0.5, 0.6) is 0 Å². The predicted molar refractivity (Wildman–Crippen MR) is 51.0 cm³/mol. The minimum absolute atomic E-state index is 0.253. The first-order valence-corrected chi connectivity index (χ1v) is 6.35. The summed E-state index contributed by atoms with van der Waals surface area (Å²) in [5, 5.41) is 0. The molecule has 0 saturated carbocycles. The molecule has 0 aromatic rings. The summed E-state index contributed by atoms with van der Waals surface area (Å²) in [6.07, 6.45) is -0.505. The van der Waals surface area contributed by atoms with Gasteiger partial charge in [-0.2, -0.15) is 0 Å². The van der Waals surface area contributed by atoms with Crippen molar-refractivity contribution in [2.75, 3.05) is 0 Å². The Hall–Kier alpha value is 0.160. The van der Waals surface area contributed by atoms with Gasteiger partial charge >= 0.3 is 0 Å². The average molecular weight is 231 g/mol. The van der Waals surface area contributed by atoms with Crippen LogP contribution < -0.4 is 0 Å². The van der Waals surface area contributed by atoms with Crippen molar-refractivity contribution in [1.82, 2.24) is 0 Å². The van der Waals surface area contributed by atoms with Crippen molar-refractivity contribution in [3.05, 3.63) is 0 Å². The van der Waals surface area contributed by atoms with Gasteiger partial charge in [0.2, 0.25) is 0 Å². The summed E-state index contributed by atoms with van der Waals surface area (Å²) in [6.45, 7) is 6.83. The van der Waals surface area contributed by atoms with Crippen molar-refractivity contribution in [3.8, 4) is 0 Å². The zero-order valence-electron chi connectivity index (χ0n) is 8.15. The van der Waals surface area contributed by atoms with Crippen LogP contribution in [0.4, 0.5) is 0 Å². The Morgan fingerprint density at radius 2 is 1.31 bits per heavy atom. The van der Waals surface area contributed by atoms with E-state index in [0.717, 1.165) is 0 Å². The third-order valence-corrected chi connectivity index (χ3v) is 2.11. The average Bonchev–Trinajstić information content (AvgIpc) is 1.81. The third kappa shape index (κ3) is 6.26. The number of rotatable bonds is 5. The molecule has 4 nitrogen and oxygen atoms in total. The highest BCUT2D eigenvalue weighted by molar-refractivity contribution is 8.14. The SMILES string of the molecule is CC(C)OC(OC(C)C)S(=O)(=O)Cl. The highest BCUT2D eigenvalue weighted by Crippen LogP contribution is 2.14. The van der Waals surface area contributed by atoms with E-state index in [1.807, 2.05) is 0 Å². The highest BCUT2D eigenvalue weighted by atomic mass is 35.7. The van der Waals surface area contributed by atoms with E-state index in [2.05, 4.69) is 0 Å². The lowest BCUT2D eigenvalue weighted by Gasteiger charge is -2.19. The molecule has 13 heavy (non-hydrogen) atoms. The molecular weight excluding hydrogens is 216 g/mol. The molecule has 0 aromatic carbocycles.